The molecule has 2 amide bonds. The van der Waals surface area contributed by atoms with Crippen LogP contribution in [0.4, 0.5) is 5.82 Å². The highest BCUT2D eigenvalue weighted by Crippen LogP contribution is 2.34. The van der Waals surface area contributed by atoms with Crippen LogP contribution in [0.3, 0.4) is 0 Å². The number of carbonyl (C=O) groups is 2. The number of nitrogens with zero attached hydrogens (tertiary/aromatic N) is 6. The zero-order chi connectivity index (χ0) is 35.0. The van der Waals surface area contributed by atoms with E-state index >= 15 is 0 Å². The molecule has 0 saturated carbocycles. The molecule has 0 unspecified atom stereocenters. The van der Waals surface area contributed by atoms with Crippen molar-refractivity contribution in [2.75, 3.05) is 44.6 Å². The van der Waals surface area contributed by atoms with E-state index in [0.29, 0.717) is 56.1 Å². The van der Waals surface area contributed by atoms with E-state index in [0.717, 1.165) is 55.1 Å². The standard InChI is InChI=1S/C34H49ClN8O5Si/c1-24(44)42-11-7-27(8-12-42)40-32-15-30(37-22-38-32)34(46)36-17-28(45)20-41-10-9-29-26(19-41)5-6-31(33(29)35)48-21-25-16-39-43(18-25)23-47-13-14-49(2,3)4/h5-6,15-16,18,22,27-28,45H,7-14,17,19-21,23H2,1-4H3,(H,36,46)(H,37,38,40)/t28-/m0/s1. The van der Waals surface area contributed by atoms with Crippen molar-refractivity contribution >= 4 is 37.3 Å². The highest BCUT2D eigenvalue weighted by atomic mass is 35.5. The molecule has 13 nitrogen and oxygen atoms in total. The van der Waals surface area contributed by atoms with Crippen molar-refractivity contribution in [1.29, 1.82) is 0 Å². The van der Waals surface area contributed by atoms with E-state index < -0.39 is 14.2 Å². The van der Waals surface area contributed by atoms with Crippen molar-refractivity contribution in [2.24, 2.45) is 0 Å². The van der Waals surface area contributed by atoms with Crippen LogP contribution < -0.4 is 15.4 Å². The molecule has 4 heterocycles. The van der Waals surface area contributed by atoms with Crippen LogP contribution in [-0.4, -0.2) is 106 Å². The molecule has 2 aromatic heterocycles. The van der Waals surface area contributed by atoms with Gasteiger partial charge in [0.2, 0.25) is 5.91 Å². The maximum Gasteiger partial charge on any atom is 0.270 e. The van der Waals surface area contributed by atoms with Gasteiger partial charge in [0.15, 0.2) is 0 Å². The Morgan fingerprint density at radius 3 is 2.71 bits per heavy atom. The summed E-state index contributed by atoms with van der Waals surface area (Å²) in [5, 5.41) is 21.9. The van der Waals surface area contributed by atoms with Gasteiger partial charge < -0.3 is 30.1 Å². The molecular formula is C34H49ClN8O5Si. The van der Waals surface area contributed by atoms with Gasteiger partial charge in [0.1, 0.15) is 36.9 Å². The first-order valence-corrected chi connectivity index (χ1v) is 21.1. The Kier molecular flexibility index (Phi) is 12.7. The molecule has 2 aliphatic rings. The van der Waals surface area contributed by atoms with Crippen molar-refractivity contribution < 1.29 is 24.2 Å². The minimum absolute atomic E-state index is 0.0850. The van der Waals surface area contributed by atoms with Crippen molar-refractivity contribution in [3.63, 3.8) is 0 Å². The number of ether oxygens (including phenoxy) is 2. The monoisotopic (exact) mass is 712 g/mol. The number of carbonyl (C=O) groups excluding carboxylic acids is 2. The molecule has 1 fully saturated rings. The van der Waals surface area contributed by atoms with Crippen LogP contribution >= 0.6 is 11.6 Å². The third-order valence-electron chi connectivity index (χ3n) is 8.84. The van der Waals surface area contributed by atoms with Crippen LogP contribution in [0.5, 0.6) is 5.75 Å². The number of halogens is 1. The average Bonchev–Trinajstić information content (AvgIpc) is 3.53. The summed E-state index contributed by atoms with van der Waals surface area (Å²) in [4.78, 5) is 36.8. The van der Waals surface area contributed by atoms with Crippen LogP contribution in [0.1, 0.15) is 46.9 Å². The first-order chi connectivity index (χ1) is 23.4. The predicted octanol–water partition coefficient (Wildman–Crippen LogP) is 3.79. The first kappa shape index (κ1) is 36.7. The maximum atomic E-state index is 12.8. The van der Waals surface area contributed by atoms with Crippen molar-refractivity contribution in [3.05, 3.63) is 64.3 Å². The van der Waals surface area contributed by atoms with Gasteiger partial charge in [-0.25, -0.2) is 14.6 Å². The summed E-state index contributed by atoms with van der Waals surface area (Å²) in [6.07, 6.45) is 6.64. The lowest BCUT2D eigenvalue weighted by atomic mass is 9.99. The third-order valence-corrected chi connectivity index (χ3v) is 11.0. The summed E-state index contributed by atoms with van der Waals surface area (Å²) in [6.45, 7) is 13.3. The van der Waals surface area contributed by atoms with Crippen LogP contribution in [0.25, 0.3) is 0 Å². The van der Waals surface area contributed by atoms with Gasteiger partial charge in [0.05, 0.1) is 17.3 Å². The molecule has 0 aliphatic carbocycles. The SMILES string of the molecule is CC(=O)N1CCC(Nc2cc(C(=O)NC[C@H](O)CN3CCc4c(ccc(OCc5cnn(COCC[Si](C)(C)C)c5)c4Cl)C3)ncn2)CC1. The predicted molar refractivity (Wildman–Crippen MR) is 190 cm³/mol. The van der Waals surface area contributed by atoms with E-state index in [1.807, 2.05) is 23.2 Å². The van der Waals surface area contributed by atoms with E-state index in [4.69, 9.17) is 21.1 Å². The van der Waals surface area contributed by atoms with Gasteiger partial charge in [-0.1, -0.05) is 37.3 Å². The van der Waals surface area contributed by atoms with Crippen molar-refractivity contribution in [1.82, 2.24) is 34.9 Å². The first-order valence-electron chi connectivity index (χ1n) is 17.0. The average molecular weight is 713 g/mol. The molecule has 0 bridgehead atoms. The number of rotatable bonds is 15. The summed E-state index contributed by atoms with van der Waals surface area (Å²) in [5.41, 5.74) is 3.31. The molecular weight excluding hydrogens is 664 g/mol. The number of aliphatic hydroxyl groups excluding tert-OH is 1. The van der Waals surface area contributed by atoms with Crippen LogP contribution in [0, 0.1) is 0 Å². The fourth-order valence-corrected chi connectivity index (χ4v) is 7.03. The van der Waals surface area contributed by atoms with E-state index in [9.17, 15) is 14.7 Å². The van der Waals surface area contributed by atoms with E-state index in [1.54, 1.807) is 23.9 Å². The van der Waals surface area contributed by atoms with Crippen LogP contribution in [0.15, 0.2) is 36.9 Å². The lowest BCUT2D eigenvalue weighted by Crippen LogP contribution is -2.42. The Balaban J connectivity index is 1.04. The zero-order valence-corrected chi connectivity index (χ0v) is 30.7. The second kappa shape index (κ2) is 16.9. The number of hydrogen-bond donors (Lipinski definition) is 3. The molecule has 49 heavy (non-hydrogen) atoms. The van der Waals surface area contributed by atoms with Gasteiger partial charge in [0.25, 0.3) is 5.91 Å². The molecule has 1 saturated heterocycles. The van der Waals surface area contributed by atoms with E-state index in [-0.39, 0.29) is 30.1 Å². The van der Waals surface area contributed by atoms with E-state index in [1.165, 1.54) is 6.33 Å². The summed E-state index contributed by atoms with van der Waals surface area (Å²) in [5.74, 6) is 0.905. The third kappa shape index (κ3) is 11.0. The number of likely N-dealkylation sites (tertiary alicyclic amines) is 1. The summed E-state index contributed by atoms with van der Waals surface area (Å²) >= 11 is 6.79. The van der Waals surface area contributed by atoms with Crippen molar-refractivity contribution in [2.45, 2.75) is 83.9 Å². The molecule has 0 radical (unpaired) electrons. The summed E-state index contributed by atoms with van der Waals surface area (Å²) in [6, 6.07) is 6.82. The lowest BCUT2D eigenvalue weighted by Gasteiger charge is -2.32. The lowest BCUT2D eigenvalue weighted by molar-refractivity contribution is -0.129. The highest BCUT2D eigenvalue weighted by Gasteiger charge is 2.24. The molecule has 15 heteroatoms. The molecule has 1 aromatic carbocycles. The Labute approximate surface area is 294 Å². The quantitative estimate of drug-likeness (QED) is 0.157. The number of amides is 2. The smallest absolute Gasteiger partial charge is 0.270 e. The number of β-amino-alcohol motifs (C(OH)–C–C–N with tert-alkyl or cyclic N) is 1. The molecule has 1 atom stereocenters. The Bertz CT molecular complexity index is 1580. The number of fused-ring (bicyclic) bond motifs is 1. The molecule has 0 spiro atoms. The summed E-state index contributed by atoms with van der Waals surface area (Å²) < 4.78 is 13.6. The van der Waals surface area contributed by atoms with Gasteiger partial charge in [-0.15, -0.1) is 0 Å². The highest BCUT2D eigenvalue weighted by molar-refractivity contribution is 6.76. The van der Waals surface area contributed by atoms with Crippen LogP contribution in [-0.2, 0) is 35.8 Å². The number of nitrogens with one attached hydrogen (secondary N) is 2. The molecule has 5 rings (SSSR count). The number of piperidine rings is 1. The normalized spacial score (nSPS) is 16.2. The maximum absolute atomic E-state index is 12.8. The zero-order valence-electron chi connectivity index (χ0n) is 29.0. The van der Waals surface area contributed by atoms with Crippen molar-refractivity contribution in [3.8, 4) is 5.75 Å². The van der Waals surface area contributed by atoms with Gasteiger partial charge >= 0.3 is 0 Å². The fourth-order valence-electron chi connectivity index (χ4n) is 5.94. The van der Waals surface area contributed by atoms with Crippen LogP contribution in [0.2, 0.25) is 30.7 Å². The fraction of sp³-hybridized carbons (Fsp3) is 0.559. The van der Waals surface area contributed by atoms with Gasteiger partial charge in [0, 0.05) is 84.7 Å². The number of benzene rings is 1. The molecule has 2 aliphatic heterocycles. The second-order valence-electron chi connectivity index (χ2n) is 14.1. The van der Waals surface area contributed by atoms with Gasteiger partial charge in [-0.3, -0.25) is 14.5 Å². The second-order valence-corrected chi connectivity index (χ2v) is 20.1. The Morgan fingerprint density at radius 1 is 1.16 bits per heavy atom. The molecule has 266 valence electrons. The minimum Gasteiger partial charge on any atom is -0.487 e. The molecule has 3 aromatic rings. The number of anilines is 1. The summed E-state index contributed by atoms with van der Waals surface area (Å²) in [7, 11) is -1.12. The largest absolute Gasteiger partial charge is 0.487 e. The number of aliphatic hydroxyl groups is 1. The number of hydrogen-bond acceptors (Lipinski definition) is 10. The topological polar surface area (TPSA) is 147 Å². The van der Waals surface area contributed by atoms with Gasteiger partial charge in [-0.05, 0) is 42.5 Å². The Hall–Kier alpha value is -3.56. The minimum atomic E-state index is -1.12. The van der Waals surface area contributed by atoms with Gasteiger partial charge in [-0.2, -0.15) is 5.10 Å². The Morgan fingerprint density at radius 2 is 1.96 bits per heavy atom. The number of aromatic nitrogens is 4. The molecule has 3 N–H and O–H groups in total. The van der Waals surface area contributed by atoms with E-state index in [2.05, 4.69) is 50.2 Å².